The molecule has 2 heterocycles. The fourth-order valence-electron chi connectivity index (χ4n) is 2.93. The van der Waals surface area contributed by atoms with Crippen LogP contribution in [0.3, 0.4) is 0 Å². The lowest BCUT2D eigenvalue weighted by atomic mass is 9.81. The predicted octanol–water partition coefficient (Wildman–Crippen LogP) is 3.08. The van der Waals surface area contributed by atoms with Gasteiger partial charge in [0.1, 0.15) is 5.82 Å². The minimum absolute atomic E-state index is 0.205. The van der Waals surface area contributed by atoms with Crippen LogP contribution in [-0.2, 0) is 6.54 Å². The topological polar surface area (TPSA) is 29.9 Å². The lowest BCUT2D eigenvalue weighted by Crippen LogP contribution is -2.37. The Labute approximate surface area is 118 Å². The Morgan fingerprint density at radius 1 is 1.35 bits per heavy atom. The van der Waals surface area contributed by atoms with Crippen LogP contribution in [0.2, 0.25) is 0 Å². The highest BCUT2D eigenvalue weighted by Crippen LogP contribution is 2.32. The molecule has 1 saturated heterocycles. The first-order valence-corrected chi connectivity index (χ1v) is 7.13. The van der Waals surface area contributed by atoms with Gasteiger partial charge in [0.25, 0.3) is 0 Å². The van der Waals surface area contributed by atoms with Crippen LogP contribution in [0, 0.1) is 11.2 Å². The van der Waals surface area contributed by atoms with Crippen molar-refractivity contribution >= 4 is 0 Å². The largest absolute Gasteiger partial charge is 0.330 e. The molecule has 20 heavy (non-hydrogen) atoms. The van der Waals surface area contributed by atoms with E-state index in [-0.39, 0.29) is 11.2 Å². The summed E-state index contributed by atoms with van der Waals surface area (Å²) >= 11 is 0. The SMILES string of the molecule is CC1(Cn2cncc2-c2cccc(F)c2)CCNCC1. The molecule has 1 aliphatic rings. The Kier molecular flexibility index (Phi) is 3.57. The Bertz CT molecular complexity index is 585. The first kappa shape index (κ1) is 13.3. The van der Waals surface area contributed by atoms with Gasteiger partial charge in [-0.1, -0.05) is 19.1 Å². The molecule has 1 aromatic carbocycles. The van der Waals surface area contributed by atoms with Crippen LogP contribution in [-0.4, -0.2) is 22.6 Å². The number of hydrogen-bond donors (Lipinski definition) is 1. The van der Waals surface area contributed by atoms with E-state index in [2.05, 4.69) is 21.8 Å². The minimum Gasteiger partial charge on any atom is -0.330 e. The monoisotopic (exact) mass is 273 g/mol. The predicted molar refractivity (Wildman–Crippen MR) is 77.8 cm³/mol. The van der Waals surface area contributed by atoms with Gasteiger partial charge in [-0.15, -0.1) is 0 Å². The summed E-state index contributed by atoms with van der Waals surface area (Å²) in [7, 11) is 0. The highest BCUT2D eigenvalue weighted by molar-refractivity contribution is 5.58. The summed E-state index contributed by atoms with van der Waals surface area (Å²) in [5, 5.41) is 3.40. The fraction of sp³-hybridized carbons (Fsp3) is 0.438. The number of rotatable bonds is 3. The van der Waals surface area contributed by atoms with Crippen molar-refractivity contribution in [1.82, 2.24) is 14.9 Å². The molecule has 0 amide bonds. The molecule has 0 bridgehead atoms. The molecule has 0 aliphatic carbocycles. The summed E-state index contributed by atoms with van der Waals surface area (Å²) in [6.45, 7) is 5.39. The average Bonchev–Trinajstić information content (AvgIpc) is 2.87. The first-order chi connectivity index (χ1) is 9.66. The summed E-state index contributed by atoms with van der Waals surface area (Å²) in [6, 6.07) is 6.71. The van der Waals surface area contributed by atoms with Gasteiger partial charge in [0.05, 0.1) is 18.2 Å². The average molecular weight is 273 g/mol. The van der Waals surface area contributed by atoms with Crippen LogP contribution in [0.15, 0.2) is 36.8 Å². The lowest BCUT2D eigenvalue weighted by Gasteiger charge is -2.34. The van der Waals surface area contributed by atoms with Crippen LogP contribution in [0.5, 0.6) is 0 Å². The number of aromatic nitrogens is 2. The van der Waals surface area contributed by atoms with Gasteiger partial charge in [0.15, 0.2) is 0 Å². The summed E-state index contributed by atoms with van der Waals surface area (Å²) in [6.07, 6.45) is 5.99. The molecule has 0 atom stereocenters. The molecule has 4 heteroatoms. The van der Waals surface area contributed by atoms with Crippen LogP contribution in [0.1, 0.15) is 19.8 Å². The van der Waals surface area contributed by atoms with E-state index >= 15 is 0 Å². The van der Waals surface area contributed by atoms with E-state index in [0.717, 1.165) is 43.7 Å². The van der Waals surface area contributed by atoms with Gasteiger partial charge in [-0.25, -0.2) is 9.37 Å². The number of nitrogens with zero attached hydrogens (tertiary/aromatic N) is 2. The molecule has 1 fully saturated rings. The van der Waals surface area contributed by atoms with E-state index < -0.39 is 0 Å². The Morgan fingerprint density at radius 2 is 2.15 bits per heavy atom. The maximum absolute atomic E-state index is 13.4. The zero-order chi connectivity index (χ0) is 14.0. The van der Waals surface area contributed by atoms with Gasteiger partial charge in [0, 0.05) is 12.1 Å². The van der Waals surface area contributed by atoms with E-state index in [1.807, 2.05) is 18.6 Å². The Morgan fingerprint density at radius 3 is 2.90 bits per heavy atom. The second kappa shape index (κ2) is 5.37. The van der Waals surface area contributed by atoms with Crippen molar-refractivity contribution in [2.24, 2.45) is 5.41 Å². The third-order valence-electron chi connectivity index (χ3n) is 4.20. The number of halogens is 1. The van der Waals surface area contributed by atoms with Crippen molar-refractivity contribution in [3.05, 3.63) is 42.6 Å². The molecule has 0 spiro atoms. The fourth-order valence-corrected chi connectivity index (χ4v) is 2.93. The summed E-state index contributed by atoms with van der Waals surface area (Å²) in [5.41, 5.74) is 2.16. The van der Waals surface area contributed by atoms with Gasteiger partial charge in [0.2, 0.25) is 0 Å². The summed E-state index contributed by atoms with van der Waals surface area (Å²) in [4.78, 5) is 4.25. The van der Waals surface area contributed by atoms with Gasteiger partial charge >= 0.3 is 0 Å². The molecule has 0 radical (unpaired) electrons. The Hall–Kier alpha value is -1.68. The van der Waals surface area contributed by atoms with Gasteiger partial charge in [-0.2, -0.15) is 0 Å². The van der Waals surface area contributed by atoms with Crippen molar-refractivity contribution in [2.45, 2.75) is 26.3 Å². The molecule has 2 aromatic rings. The third kappa shape index (κ3) is 2.75. The molecule has 3 rings (SSSR count). The lowest BCUT2D eigenvalue weighted by molar-refractivity contribution is 0.195. The maximum Gasteiger partial charge on any atom is 0.123 e. The number of benzene rings is 1. The van der Waals surface area contributed by atoms with Crippen LogP contribution in [0.4, 0.5) is 4.39 Å². The van der Waals surface area contributed by atoms with Crippen molar-refractivity contribution in [3.63, 3.8) is 0 Å². The second-order valence-electron chi connectivity index (χ2n) is 5.98. The van der Waals surface area contributed by atoms with Crippen molar-refractivity contribution in [2.75, 3.05) is 13.1 Å². The van der Waals surface area contributed by atoms with Gasteiger partial charge < -0.3 is 9.88 Å². The molecule has 1 N–H and O–H groups in total. The third-order valence-corrected chi connectivity index (χ3v) is 4.20. The van der Waals surface area contributed by atoms with Crippen molar-refractivity contribution < 1.29 is 4.39 Å². The summed E-state index contributed by atoms with van der Waals surface area (Å²) < 4.78 is 15.5. The molecule has 3 nitrogen and oxygen atoms in total. The summed E-state index contributed by atoms with van der Waals surface area (Å²) in [5.74, 6) is -0.205. The molecule has 1 aromatic heterocycles. The van der Waals surface area contributed by atoms with Crippen LogP contribution < -0.4 is 5.32 Å². The quantitative estimate of drug-likeness (QED) is 0.931. The van der Waals surface area contributed by atoms with Crippen LogP contribution >= 0.6 is 0 Å². The van der Waals surface area contributed by atoms with E-state index in [4.69, 9.17) is 0 Å². The van der Waals surface area contributed by atoms with E-state index in [9.17, 15) is 4.39 Å². The first-order valence-electron chi connectivity index (χ1n) is 7.13. The number of piperidine rings is 1. The van der Waals surface area contributed by atoms with E-state index in [1.54, 1.807) is 12.1 Å². The molecule has 0 saturated carbocycles. The molecule has 1 aliphatic heterocycles. The highest BCUT2D eigenvalue weighted by Gasteiger charge is 2.27. The number of hydrogen-bond acceptors (Lipinski definition) is 2. The molecule has 106 valence electrons. The minimum atomic E-state index is -0.205. The smallest absolute Gasteiger partial charge is 0.123 e. The number of nitrogens with one attached hydrogen (secondary N) is 1. The highest BCUT2D eigenvalue weighted by atomic mass is 19.1. The molecular formula is C16H20FN3. The normalized spacial score (nSPS) is 18.1. The van der Waals surface area contributed by atoms with Gasteiger partial charge in [-0.3, -0.25) is 0 Å². The second-order valence-corrected chi connectivity index (χ2v) is 5.98. The van der Waals surface area contributed by atoms with Crippen molar-refractivity contribution in [3.8, 4) is 11.3 Å². The van der Waals surface area contributed by atoms with E-state index in [1.165, 1.54) is 6.07 Å². The zero-order valence-electron chi connectivity index (χ0n) is 11.8. The molecular weight excluding hydrogens is 253 g/mol. The molecule has 0 unspecified atom stereocenters. The Balaban J connectivity index is 1.87. The van der Waals surface area contributed by atoms with Crippen LogP contribution in [0.25, 0.3) is 11.3 Å². The zero-order valence-corrected chi connectivity index (χ0v) is 11.8. The van der Waals surface area contributed by atoms with Crippen molar-refractivity contribution in [1.29, 1.82) is 0 Å². The maximum atomic E-state index is 13.4. The number of imidazole rings is 1. The van der Waals surface area contributed by atoms with E-state index in [0.29, 0.717) is 0 Å². The standard InChI is InChI=1S/C16H20FN3/c1-16(5-7-18-8-6-16)11-20-12-19-10-15(20)13-3-2-4-14(17)9-13/h2-4,9-10,12,18H,5-8,11H2,1H3. The van der Waals surface area contributed by atoms with Gasteiger partial charge in [-0.05, 0) is 43.5 Å².